The van der Waals surface area contributed by atoms with Gasteiger partial charge in [-0.05, 0) is 42.7 Å². The SMILES string of the molecule is COc1cccc(COc2cccc(-c3noc(C4CCCC4)n3)c2)c1. The molecule has 3 aromatic rings. The summed E-state index contributed by atoms with van der Waals surface area (Å²) in [5.41, 5.74) is 1.96. The van der Waals surface area contributed by atoms with Crippen molar-refractivity contribution in [3.8, 4) is 22.9 Å². The molecule has 0 amide bonds. The fraction of sp³-hybridized carbons (Fsp3) is 0.333. The maximum Gasteiger partial charge on any atom is 0.230 e. The summed E-state index contributed by atoms with van der Waals surface area (Å²) in [5.74, 6) is 3.41. The van der Waals surface area contributed by atoms with E-state index in [4.69, 9.17) is 14.0 Å². The monoisotopic (exact) mass is 350 g/mol. The van der Waals surface area contributed by atoms with Crippen LogP contribution in [0.1, 0.15) is 43.1 Å². The molecular formula is C21H22N2O3. The highest BCUT2D eigenvalue weighted by Gasteiger charge is 2.23. The maximum absolute atomic E-state index is 5.92. The molecule has 0 unspecified atom stereocenters. The molecule has 0 atom stereocenters. The maximum atomic E-state index is 5.92. The van der Waals surface area contributed by atoms with Crippen molar-refractivity contribution in [3.05, 3.63) is 60.0 Å². The molecule has 4 rings (SSSR count). The van der Waals surface area contributed by atoms with Gasteiger partial charge in [0.2, 0.25) is 11.7 Å². The van der Waals surface area contributed by atoms with Crippen molar-refractivity contribution in [2.24, 2.45) is 0 Å². The van der Waals surface area contributed by atoms with E-state index in [9.17, 15) is 0 Å². The van der Waals surface area contributed by atoms with Gasteiger partial charge in [-0.2, -0.15) is 4.98 Å². The Balaban J connectivity index is 1.46. The molecule has 26 heavy (non-hydrogen) atoms. The van der Waals surface area contributed by atoms with Crippen LogP contribution in [0.15, 0.2) is 53.1 Å². The van der Waals surface area contributed by atoms with Crippen LogP contribution in [0.2, 0.25) is 0 Å². The number of methoxy groups -OCH3 is 1. The third kappa shape index (κ3) is 3.72. The van der Waals surface area contributed by atoms with Gasteiger partial charge < -0.3 is 14.0 Å². The predicted molar refractivity (Wildman–Crippen MR) is 98.3 cm³/mol. The van der Waals surface area contributed by atoms with E-state index < -0.39 is 0 Å². The van der Waals surface area contributed by atoms with Crippen LogP contribution in [0.4, 0.5) is 0 Å². The Kier molecular flexibility index (Phi) is 4.86. The average Bonchev–Trinajstić information content (AvgIpc) is 3.38. The molecule has 134 valence electrons. The molecule has 0 bridgehead atoms. The van der Waals surface area contributed by atoms with E-state index in [0.29, 0.717) is 18.3 Å². The molecule has 0 saturated heterocycles. The number of hydrogen-bond acceptors (Lipinski definition) is 5. The smallest absolute Gasteiger partial charge is 0.230 e. The highest BCUT2D eigenvalue weighted by atomic mass is 16.5. The van der Waals surface area contributed by atoms with Crippen LogP contribution in [-0.4, -0.2) is 17.3 Å². The van der Waals surface area contributed by atoms with Crippen molar-refractivity contribution in [2.75, 3.05) is 7.11 Å². The van der Waals surface area contributed by atoms with E-state index >= 15 is 0 Å². The zero-order chi connectivity index (χ0) is 17.8. The van der Waals surface area contributed by atoms with Crippen LogP contribution in [0.5, 0.6) is 11.5 Å². The molecule has 5 heteroatoms. The van der Waals surface area contributed by atoms with Crippen LogP contribution in [0.25, 0.3) is 11.4 Å². The van der Waals surface area contributed by atoms with E-state index in [0.717, 1.165) is 41.4 Å². The zero-order valence-corrected chi connectivity index (χ0v) is 14.9. The number of hydrogen-bond donors (Lipinski definition) is 0. The number of nitrogens with zero attached hydrogens (tertiary/aromatic N) is 2. The molecule has 1 fully saturated rings. The van der Waals surface area contributed by atoms with Crippen LogP contribution in [-0.2, 0) is 6.61 Å². The van der Waals surface area contributed by atoms with Crippen molar-refractivity contribution in [1.82, 2.24) is 10.1 Å². The lowest BCUT2D eigenvalue weighted by Crippen LogP contribution is -1.96. The third-order valence-corrected chi connectivity index (χ3v) is 4.78. The molecule has 1 aliphatic carbocycles. The molecule has 2 aromatic carbocycles. The molecule has 0 N–H and O–H groups in total. The molecule has 1 heterocycles. The first-order valence-corrected chi connectivity index (χ1v) is 9.01. The molecule has 1 aromatic heterocycles. The topological polar surface area (TPSA) is 57.4 Å². The van der Waals surface area contributed by atoms with Gasteiger partial charge in [-0.3, -0.25) is 0 Å². The van der Waals surface area contributed by atoms with Gasteiger partial charge in [0.25, 0.3) is 0 Å². The highest BCUT2D eigenvalue weighted by molar-refractivity contribution is 5.56. The van der Waals surface area contributed by atoms with Gasteiger partial charge in [0.05, 0.1) is 7.11 Å². The Bertz CT molecular complexity index is 869. The lowest BCUT2D eigenvalue weighted by atomic mass is 10.1. The Hall–Kier alpha value is -2.82. The summed E-state index contributed by atoms with van der Waals surface area (Å²) in [7, 11) is 1.66. The minimum Gasteiger partial charge on any atom is -0.497 e. The van der Waals surface area contributed by atoms with Crippen LogP contribution in [0.3, 0.4) is 0 Å². The van der Waals surface area contributed by atoms with Gasteiger partial charge in [0, 0.05) is 11.5 Å². The lowest BCUT2D eigenvalue weighted by Gasteiger charge is -2.08. The van der Waals surface area contributed by atoms with Gasteiger partial charge >= 0.3 is 0 Å². The summed E-state index contributed by atoms with van der Waals surface area (Å²) in [4.78, 5) is 4.59. The first kappa shape index (κ1) is 16.6. The summed E-state index contributed by atoms with van der Waals surface area (Å²) in [6.07, 6.45) is 4.78. The van der Waals surface area contributed by atoms with Crippen molar-refractivity contribution >= 4 is 0 Å². The average molecular weight is 350 g/mol. The van der Waals surface area contributed by atoms with Crippen LogP contribution >= 0.6 is 0 Å². The Morgan fingerprint density at radius 1 is 1.04 bits per heavy atom. The van der Waals surface area contributed by atoms with Crippen LogP contribution in [0, 0.1) is 0 Å². The predicted octanol–water partition coefficient (Wildman–Crippen LogP) is 4.98. The summed E-state index contributed by atoms with van der Waals surface area (Å²) in [6.45, 7) is 0.472. The standard InChI is InChI=1S/C21H22N2O3/c1-24-18-10-4-6-15(12-18)14-25-19-11-5-9-17(13-19)20-22-21(26-23-20)16-7-2-3-8-16/h4-6,9-13,16H,2-3,7-8,14H2,1H3. The van der Waals surface area contributed by atoms with Gasteiger partial charge in [0.15, 0.2) is 0 Å². The van der Waals surface area contributed by atoms with E-state index in [1.165, 1.54) is 12.8 Å². The third-order valence-electron chi connectivity index (χ3n) is 4.78. The minimum absolute atomic E-state index is 0.420. The first-order valence-electron chi connectivity index (χ1n) is 9.01. The second kappa shape index (κ2) is 7.60. The van der Waals surface area contributed by atoms with Gasteiger partial charge in [-0.1, -0.05) is 42.3 Å². The Morgan fingerprint density at radius 3 is 2.69 bits per heavy atom. The molecule has 0 radical (unpaired) electrons. The fourth-order valence-electron chi connectivity index (χ4n) is 3.34. The van der Waals surface area contributed by atoms with E-state index in [1.54, 1.807) is 7.11 Å². The molecular weight excluding hydrogens is 328 g/mol. The quantitative estimate of drug-likeness (QED) is 0.627. The number of aromatic nitrogens is 2. The van der Waals surface area contributed by atoms with Gasteiger partial charge in [-0.15, -0.1) is 0 Å². The van der Waals surface area contributed by atoms with Crippen molar-refractivity contribution in [2.45, 2.75) is 38.2 Å². The number of ether oxygens (including phenoxy) is 2. The van der Waals surface area contributed by atoms with E-state index in [2.05, 4.69) is 10.1 Å². The van der Waals surface area contributed by atoms with E-state index in [-0.39, 0.29) is 0 Å². The van der Waals surface area contributed by atoms with Crippen LogP contribution < -0.4 is 9.47 Å². The summed E-state index contributed by atoms with van der Waals surface area (Å²) >= 11 is 0. The summed E-state index contributed by atoms with van der Waals surface area (Å²) in [5, 5.41) is 4.15. The van der Waals surface area contributed by atoms with Crippen molar-refractivity contribution < 1.29 is 14.0 Å². The summed E-state index contributed by atoms with van der Waals surface area (Å²) in [6, 6.07) is 15.7. The molecule has 0 spiro atoms. The van der Waals surface area contributed by atoms with Gasteiger partial charge in [-0.25, -0.2) is 0 Å². The number of rotatable bonds is 6. The molecule has 1 saturated carbocycles. The first-order chi connectivity index (χ1) is 12.8. The molecule has 5 nitrogen and oxygen atoms in total. The van der Waals surface area contributed by atoms with Crippen molar-refractivity contribution in [1.29, 1.82) is 0 Å². The highest BCUT2D eigenvalue weighted by Crippen LogP contribution is 2.34. The lowest BCUT2D eigenvalue weighted by molar-refractivity contribution is 0.305. The Labute approximate surface area is 153 Å². The second-order valence-corrected chi connectivity index (χ2v) is 6.61. The zero-order valence-electron chi connectivity index (χ0n) is 14.9. The normalized spacial score (nSPS) is 14.5. The fourth-order valence-corrected chi connectivity index (χ4v) is 3.34. The molecule has 0 aliphatic heterocycles. The molecule has 1 aliphatic rings. The Morgan fingerprint density at radius 2 is 1.85 bits per heavy atom. The van der Waals surface area contributed by atoms with Gasteiger partial charge in [0.1, 0.15) is 18.1 Å². The summed E-state index contributed by atoms with van der Waals surface area (Å²) < 4.78 is 16.6. The van der Waals surface area contributed by atoms with E-state index in [1.807, 2.05) is 48.5 Å². The largest absolute Gasteiger partial charge is 0.497 e. The number of benzene rings is 2. The second-order valence-electron chi connectivity index (χ2n) is 6.61. The minimum atomic E-state index is 0.420. The van der Waals surface area contributed by atoms with Crippen molar-refractivity contribution in [3.63, 3.8) is 0 Å².